The first-order chi connectivity index (χ1) is 8.24. The van der Waals surface area contributed by atoms with E-state index in [0.717, 1.165) is 6.08 Å². The smallest absolute Gasteiger partial charge is 0.335 e. The van der Waals surface area contributed by atoms with Gasteiger partial charge >= 0.3 is 11.9 Å². The molecule has 0 spiro atoms. The Morgan fingerprint density at radius 3 is 2.06 bits per heavy atom. The Morgan fingerprint density at radius 2 is 1.83 bits per heavy atom. The quantitative estimate of drug-likeness (QED) is 0.433. The van der Waals surface area contributed by atoms with E-state index in [1.165, 1.54) is 13.8 Å². The lowest BCUT2D eigenvalue weighted by atomic mass is 10.4. The number of carbonyl (C=O) groups is 2. The summed E-state index contributed by atoms with van der Waals surface area (Å²) in [7, 11) is 0. The van der Waals surface area contributed by atoms with Crippen LogP contribution in [-0.2, 0) is 19.1 Å². The van der Waals surface area contributed by atoms with E-state index < -0.39 is 24.5 Å². The molecule has 0 aliphatic rings. The lowest BCUT2D eigenvalue weighted by Crippen LogP contribution is -2.14. The number of aliphatic hydroxyl groups excluding tert-OH is 2. The number of esters is 2. The molecule has 0 aromatic heterocycles. The van der Waals surface area contributed by atoms with Gasteiger partial charge in [-0.05, 0) is 13.8 Å². The van der Waals surface area contributed by atoms with Crippen LogP contribution in [0.1, 0.15) is 27.2 Å². The number of hydrogen-bond donors (Lipinski definition) is 2. The maximum absolute atomic E-state index is 10.5. The molecule has 104 valence electrons. The Hall–Kier alpha value is -1.66. The predicted molar refractivity (Wildman–Crippen MR) is 65.2 cm³/mol. The van der Waals surface area contributed by atoms with Gasteiger partial charge in [0.15, 0.2) is 6.29 Å². The Labute approximate surface area is 107 Å². The van der Waals surface area contributed by atoms with Gasteiger partial charge in [-0.3, -0.25) is 0 Å². The molecule has 0 fully saturated rings. The molecule has 0 saturated carbocycles. The lowest BCUT2D eigenvalue weighted by molar-refractivity contribution is -0.162. The van der Waals surface area contributed by atoms with E-state index in [1.54, 1.807) is 6.92 Å². The van der Waals surface area contributed by atoms with Crippen LogP contribution in [0.25, 0.3) is 0 Å². The fraction of sp³-hybridized carbons (Fsp3) is 0.500. The van der Waals surface area contributed by atoms with Crippen LogP contribution in [-0.4, -0.2) is 34.7 Å². The van der Waals surface area contributed by atoms with Crippen molar-refractivity contribution < 1.29 is 29.3 Å². The average molecular weight is 260 g/mol. The van der Waals surface area contributed by atoms with Gasteiger partial charge in [0.2, 0.25) is 6.29 Å². The summed E-state index contributed by atoms with van der Waals surface area (Å²) in [6.07, 6.45) is -0.622. The van der Waals surface area contributed by atoms with Crippen LogP contribution in [0.4, 0.5) is 0 Å². The average Bonchev–Trinajstić information content (AvgIpc) is 2.28. The van der Waals surface area contributed by atoms with Crippen LogP contribution in [0.15, 0.2) is 24.8 Å². The minimum atomic E-state index is -1.05. The third kappa shape index (κ3) is 12.4. The molecule has 0 rings (SSSR count). The third-order valence-corrected chi connectivity index (χ3v) is 1.39. The minimum absolute atomic E-state index is 0.288. The first kappa shape index (κ1) is 18.7. The van der Waals surface area contributed by atoms with E-state index in [9.17, 15) is 9.59 Å². The van der Waals surface area contributed by atoms with Gasteiger partial charge in [0, 0.05) is 18.1 Å². The van der Waals surface area contributed by atoms with E-state index in [4.69, 9.17) is 10.2 Å². The Kier molecular flexibility index (Phi) is 10.9. The van der Waals surface area contributed by atoms with Gasteiger partial charge in [-0.25, -0.2) is 9.59 Å². The van der Waals surface area contributed by atoms with Crippen molar-refractivity contribution in [3.05, 3.63) is 24.8 Å². The number of ether oxygens (including phenoxy) is 2. The third-order valence-electron chi connectivity index (χ3n) is 1.39. The van der Waals surface area contributed by atoms with Crippen LogP contribution in [0.5, 0.6) is 0 Å². The van der Waals surface area contributed by atoms with E-state index in [-0.39, 0.29) is 5.57 Å². The molecule has 6 heteroatoms. The largest absolute Gasteiger partial charge is 0.433 e. The molecule has 6 nitrogen and oxygen atoms in total. The van der Waals surface area contributed by atoms with Gasteiger partial charge in [0.25, 0.3) is 0 Å². The van der Waals surface area contributed by atoms with E-state index in [1.807, 2.05) is 0 Å². The number of rotatable bonds is 5. The zero-order valence-electron chi connectivity index (χ0n) is 10.9. The van der Waals surface area contributed by atoms with Gasteiger partial charge in [-0.1, -0.05) is 20.1 Å². The molecular weight excluding hydrogens is 240 g/mol. The fourth-order valence-corrected chi connectivity index (χ4v) is 0.521. The lowest BCUT2D eigenvalue weighted by Gasteiger charge is -2.05. The highest BCUT2D eigenvalue weighted by molar-refractivity contribution is 5.86. The highest BCUT2D eigenvalue weighted by Gasteiger charge is 2.05. The van der Waals surface area contributed by atoms with Crippen LogP contribution in [0.2, 0.25) is 0 Å². The van der Waals surface area contributed by atoms with Gasteiger partial charge in [-0.2, -0.15) is 0 Å². The van der Waals surface area contributed by atoms with Crippen molar-refractivity contribution in [1.82, 2.24) is 0 Å². The molecule has 0 aliphatic heterocycles. The SMILES string of the molecule is C=C(C)C(=O)OC(C)O.C=CC(=O)OC(O)CC. The molecule has 0 radical (unpaired) electrons. The topological polar surface area (TPSA) is 93.1 Å². The molecule has 0 aromatic carbocycles. The highest BCUT2D eigenvalue weighted by atomic mass is 16.6. The van der Waals surface area contributed by atoms with Crippen molar-refractivity contribution >= 4 is 11.9 Å². The first-order valence-electron chi connectivity index (χ1n) is 5.30. The summed E-state index contributed by atoms with van der Waals surface area (Å²) in [5, 5.41) is 17.2. The fourth-order valence-electron chi connectivity index (χ4n) is 0.521. The molecule has 0 bridgehead atoms. The van der Waals surface area contributed by atoms with Crippen molar-refractivity contribution in [2.24, 2.45) is 0 Å². The predicted octanol–water partition coefficient (Wildman–Crippen LogP) is 0.888. The maximum atomic E-state index is 10.5. The monoisotopic (exact) mass is 260 g/mol. The number of aliphatic hydroxyl groups is 2. The van der Waals surface area contributed by atoms with Gasteiger partial charge in [0.1, 0.15) is 0 Å². The summed E-state index contributed by atoms with van der Waals surface area (Å²) in [5.74, 6) is -1.16. The first-order valence-corrected chi connectivity index (χ1v) is 5.30. The molecule has 2 N–H and O–H groups in total. The van der Waals surface area contributed by atoms with E-state index in [0.29, 0.717) is 6.42 Å². The highest BCUT2D eigenvalue weighted by Crippen LogP contribution is 1.94. The van der Waals surface area contributed by atoms with Gasteiger partial charge in [0.05, 0.1) is 0 Å². The molecule has 18 heavy (non-hydrogen) atoms. The Morgan fingerprint density at radius 1 is 1.33 bits per heavy atom. The zero-order valence-corrected chi connectivity index (χ0v) is 10.9. The van der Waals surface area contributed by atoms with Crippen molar-refractivity contribution in [3.8, 4) is 0 Å². The molecule has 2 atom stereocenters. The summed E-state index contributed by atoms with van der Waals surface area (Å²) in [6, 6.07) is 0. The maximum Gasteiger partial charge on any atom is 0.335 e. The molecular formula is C12H20O6. The molecule has 0 saturated heterocycles. The second-order valence-corrected chi connectivity index (χ2v) is 3.29. The standard InChI is InChI=1S/2C6H10O3/c1-4(2)6(8)9-5(3)7;1-3-5(7)9-6(8)4-2/h5,7H,1H2,2-3H3;3,6,8H,1,4H2,2H3. The van der Waals surface area contributed by atoms with Gasteiger partial charge < -0.3 is 19.7 Å². The van der Waals surface area contributed by atoms with Crippen molar-refractivity contribution in [2.75, 3.05) is 0 Å². The van der Waals surface area contributed by atoms with Crippen LogP contribution in [0.3, 0.4) is 0 Å². The molecule has 0 heterocycles. The normalized spacial score (nSPS) is 12.3. The summed E-state index contributed by atoms with van der Waals surface area (Å²) in [6.45, 7) is 11.1. The Bertz CT molecular complexity index is 295. The molecule has 2 unspecified atom stereocenters. The van der Waals surface area contributed by atoms with E-state index >= 15 is 0 Å². The van der Waals surface area contributed by atoms with Crippen LogP contribution < -0.4 is 0 Å². The number of hydrogen-bond acceptors (Lipinski definition) is 6. The minimum Gasteiger partial charge on any atom is -0.433 e. The summed E-state index contributed by atoms with van der Waals surface area (Å²) >= 11 is 0. The summed E-state index contributed by atoms with van der Waals surface area (Å²) in [4.78, 5) is 20.8. The molecule has 0 aromatic rings. The van der Waals surface area contributed by atoms with E-state index in [2.05, 4.69) is 22.6 Å². The zero-order chi connectivity index (χ0) is 14.7. The van der Waals surface area contributed by atoms with Crippen LogP contribution in [0, 0.1) is 0 Å². The Balaban J connectivity index is 0. The summed E-state index contributed by atoms with van der Waals surface area (Å²) in [5.41, 5.74) is 0.288. The molecule has 0 amide bonds. The second kappa shape index (κ2) is 10.5. The summed E-state index contributed by atoms with van der Waals surface area (Å²) < 4.78 is 8.68. The number of carbonyl (C=O) groups excluding carboxylic acids is 2. The van der Waals surface area contributed by atoms with Crippen LogP contribution >= 0.6 is 0 Å². The van der Waals surface area contributed by atoms with Gasteiger partial charge in [-0.15, -0.1) is 0 Å². The van der Waals surface area contributed by atoms with Crippen molar-refractivity contribution in [2.45, 2.75) is 39.8 Å². The van der Waals surface area contributed by atoms with Crippen molar-refractivity contribution in [3.63, 3.8) is 0 Å². The van der Waals surface area contributed by atoms with Crippen molar-refractivity contribution in [1.29, 1.82) is 0 Å². The second-order valence-electron chi connectivity index (χ2n) is 3.29. The molecule has 0 aliphatic carbocycles.